The van der Waals surface area contributed by atoms with E-state index in [1.54, 1.807) is 10.8 Å². The van der Waals surface area contributed by atoms with Crippen molar-refractivity contribution >= 4 is 45.2 Å². The number of amides is 2. The highest BCUT2D eigenvalue weighted by atomic mass is 79.9. The van der Waals surface area contributed by atoms with Crippen LogP contribution in [0.1, 0.15) is 16.3 Å². The lowest BCUT2D eigenvalue weighted by Crippen LogP contribution is -2.42. The molecular formula is C14H15BrN4O2S. The number of hydrogen-bond acceptors (Lipinski definition) is 4. The van der Waals surface area contributed by atoms with Crippen molar-refractivity contribution in [2.45, 2.75) is 20.4 Å². The van der Waals surface area contributed by atoms with Gasteiger partial charge in [-0.25, -0.2) is 0 Å². The molecule has 2 aromatic rings. The minimum absolute atomic E-state index is 0.0571. The molecule has 0 aromatic carbocycles. The fraction of sp³-hybridized carbons (Fsp3) is 0.214. The molecule has 2 rings (SSSR count). The van der Waals surface area contributed by atoms with Crippen LogP contribution in [0.2, 0.25) is 0 Å². The van der Waals surface area contributed by atoms with Gasteiger partial charge in [0.1, 0.15) is 6.54 Å². The molecule has 22 heavy (non-hydrogen) atoms. The van der Waals surface area contributed by atoms with Crippen molar-refractivity contribution in [1.82, 2.24) is 20.6 Å². The second-order valence-electron chi connectivity index (χ2n) is 4.60. The molecule has 0 aliphatic carbocycles. The van der Waals surface area contributed by atoms with Crippen molar-refractivity contribution in [2.75, 3.05) is 0 Å². The molecular weight excluding hydrogens is 368 g/mol. The Kier molecular flexibility index (Phi) is 5.51. The number of rotatable bonds is 4. The van der Waals surface area contributed by atoms with Crippen LogP contribution in [0.15, 0.2) is 28.1 Å². The Morgan fingerprint density at radius 2 is 2.14 bits per heavy atom. The van der Waals surface area contributed by atoms with Gasteiger partial charge < -0.3 is 0 Å². The standard InChI is InChI=1S/C14H15BrN4O2S/c1-9-7-10(2)19(18-9)8-14(21)17-16-13(20)6-4-11-3-5-12(15)22-11/h3-7H,8H2,1-2H3,(H,16,20)(H,17,21)/b6-4+. The molecule has 0 fully saturated rings. The average Bonchev–Trinajstić information content (AvgIpc) is 3.00. The number of aryl methyl sites for hydroxylation is 2. The van der Waals surface area contributed by atoms with E-state index < -0.39 is 5.91 Å². The Morgan fingerprint density at radius 3 is 2.73 bits per heavy atom. The first-order chi connectivity index (χ1) is 10.4. The molecule has 0 bridgehead atoms. The lowest BCUT2D eigenvalue weighted by molar-refractivity contribution is -0.127. The van der Waals surface area contributed by atoms with E-state index in [0.29, 0.717) is 0 Å². The molecule has 2 N–H and O–H groups in total. The second kappa shape index (κ2) is 7.37. The molecule has 6 nitrogen and oxygen atoms in total. The van der Waals surface area contributed by atoms with E-state index in [1.165, 1.54) is 17.4 Å². The van der Waals surface area contributed by atoms with Crippen LogP contribution in [0.4, 0.5) is 0 Å². The summed E-state index contributed by atoms with van der Waals surface area (Å²) < 4.78 is 2.57. The molecule has 0 saturated carbocycles. The van der Waals surface area contributed by atoms with E-state index in [1.807, 2.05) is 32.0 Å². The predicted octanol–water partition coefficient (Wildman–Crippen LogP) is 2.18. The fourth-order valence-electron chi connectivity index (χ4n) is 1.76. The third-order valence-corrected chi connectivity index (χ3v) is 4.30. The smallest absolute Gasteiger partial charge is 0.262 e. The van der Waals surface area contributed by atoms with Crippen molar-refractivity contribution in [2.24, 2.45) is 0 Å². The summed E-state index contributed by atoms with van der Waals surface area (Å²) in [5.41, 5.74) is 6.42. The number of hydrazine groups is 1. The Hall–Kier alpha value is -1.93. The summed E-state index contributed by atoms with van der Waals surface area (Å²) in [5.74, 6) is -0.738. The Balaban J connectivity index is 1.79. The van der Waals surface area contributed by atoms with Crippen molar-refractivity contribution < 1.29 is 9.59 Å². The van der Waals surface area contributed by atoms with Crippen molar-refractivity contribution in [3.8, 4) is 0 Å². The number of carbonyl (C=O) groups excluding carboxylic acids is 2. The molecule has 2 aromatic heterocycles. The van der Waals surface area contributed by atoms with Crippen LogP contribution < -0.4 is 10.9 Å². The fourth-order valence-corrected chi connectivity index (χ4v) is 3.09. The lowest BCUT2D eigenvalue weighted by Gasteiger charge is -2.06. The van der Waals surface area contributed by atoms with Crippen LogP contribution in [0.5, 0.6) is 0 Å². The van der Waals surface area contributed by atoms with Crippen LogP contribution in [0, 0.1) is 13.8 Å². The van der Waals surface area contributed by atoms with Gasteiger partial charge in [-0.05, 0) is 54.1 Å². The SMILES string of the molecule is Cc1cc(C)n(CC(=O)NNC(=O)/C=C/c2ccc(Br)s2)n1. The maximum Gasteiger partial charge on any atom is 0.262 e. The number of nitrogens with zero attached hydrogens (tertiary/aromatic N) is 2. The number of hydrogen-bond donors (Lipinski definition) is 2. The minimum Gasteiger partial charge on any atom is -0.271 e. The summed E-state index contributed by atoms with van der Waals surface area (Å²) in [6.45, 7) is 3.78. The zero-order valence-corrected chi connectivity index (χ0v) is 14.5. The summed E-state index contributed by atoms with van der Waals surface area (Å²) in [6, 6.07) is 5.67. The minimum atomic E-state index is -0.397. The molecule has 0 radical (unpaired) electrons. The van der Waals surface area contributed by atoms with E-state index in [0.717, 1.165) is 20.1 Å². The van der Waals surface area contributed by atoms with E-state index in [9.17, 15) is 9.59 Å². The van der Waals surface area contributed by atoms with Gasteiger partial charge in [0.25, 0.3) is 11.8 Å². The highest BCUT2D eigenvalue weighted by molar-refractivity contribution is 9.11. The van der Waals surface area contributed by atoms with Gasteiger partial charge in [-0.1, -0.05) is 0 Å². The number of aromatic nitrogens is 2. The second-order valence-corrected chi connectivity index (χ2v) is 7.09. The van der Waals surface area contributed by atoms with E-state index in [2.05, 4.69) is 31.9 Å². The van der Waals surface area contributed by atoms with Crippen LogP contribution in [-0.4, -0.2) is 21.6 Å². The zero-order chi connectivity index (χ0) is 16.1. The van der Waals surface area contributed by atoms with Gasteiger partial charge in [-0.3, -0.25) is 25.1 Å². The van der Waals surface area contributed by atoms with Crippen LogP contribution in [0.25, 0.3) is 6.08 Å². The number of thiophene rings is 1. The molecule has 116 valence electrons. The van der Waals surface area contributed by atoms with Gasteiger partial charge in [-0.15, -0.1) is 11.3 Å². The molecule has 0 saturated heterocycles. The van der Waals surface area contributed by atoms with E-state index in [-0.39, 0.29) is 12.5 Å². The normalized spacial score (nSPS) is 10.9. The Bertz CT molecular complexity index is 720. The lowest BCUT2D eigenvalue weighted by atomic mass is 10.4. The van der Waals surface area contributed by atoms with E-state index >= 15 is 0 Å². The van der Waals surface area contributed by atoms with E-state index in [4.69, 9.17) is 0 Å². The molecule has 2 heterocycles. The van der Waals surface area contributed by atoms with Crippen LogP contribution >= 0.6 is 27.3 Å². The topological polar surface area (TPSA) is 76.0 Å². The number of carbonyl (C=O) groups is 2. The molecule has 8 heteroatoms. The van der Waals surface area contributed by atoms with Gasteiger partial charge >= 0.3 is 0 Å². The third-order valence-electron chi connectivity index (χ3n) is 2.71. The van der Waals surface area contributed by atoms with Gasteiger partial charge in [0, 0.05) is 16.6 Å². The summed E-state index contributed by atoms with van der Waals surface area (Å²) in [7, 11) is 0. The summed E-state index contributed by atoms with van der Waals surface area (Å²) in [6.07, 6.45) is 3.04. The first-order valence-corrected chi connectivity index (χ1v) is 8.08. The first kappa shape index (κ1) is 16.4. The number of halogens is 1. The molecule has 0 spiro atoms. The predicted molar refractivity (Wildman–Crippen MR) is 89.0 cm³/mol. The zero-order valence-electron chi connectivity index (χ0n) is 12.1. The molecule has 0 aliphatic rings. The summed E-state index contributed by atoms with van der Waals surface area (Å²) in [4.78, 5) is 24.3. The quantitative estimate of drug-likeness (QED) is 0.628. The largest absolute Gasteiger partial charge is 0.271 e. The third kappa shape index (κ3) is 4.81. The maximum atomic E-state index is 11.7. The van der Waals surface area contributed by atoms with Crippen LogP contribution in [0.3, 0.4) is 0 Å². The van der Waals surface area contributed by atoms with Crippen molar-refractivity contribution in [1.29, 1.82) is 0 Å². The first-order valence-electron chi connectivity index (χ1n) is 6.47. The van der Waals surface area contributed by atoms with Gasteiger partial charge in [0.2, 0.25) is 0 Å². The molecule has 0 unspecified atom stereocenters. The van der Waals surface area contributed by atoms with Crippen molar-refractivity contribution in [3.63, 3.8) is 0 Å². The average molecular weight is 383 g/mol. The van der Waals surface area contributed by atoms with Crippen LogP contribution in [-0.2, 0) is 16.1 Å². The highest BCUT2D eigenvalue weighted by Gasteiger charge is 2.07. The highest BCUT2D eigenvalue weighted by Crippen LogP contribution is 2.22. The molecule has 0 atom stereocenters. The van der Waals surface area contributed by atoms with Gasteiger partial charge in [0.15, 0.2) is 0 Å². The summed E-state index contributed by atoms with van der Waals surface area (Å²) in [5, 5.41) is 4.18. The van der Waals surface area contributed by atoms with Crippen molar-refractivity contribution in [3.05, 3.63) is 44.3 Å². The number of nitrogens with one attached hydrogen (secondary N) is 2. The Labute approximate surface area is 140 Å². The summed E-state index contributed by atoms with van der Waals surface area (Å²) >= 11 is 4.86. The van der Waals surface area contributed by atoms with Gasteiger partial charge in [0.05, 0.1) is 9.48 Å². The maximum absolute atomic E-state index is 11.7. The molecule has 2 amide bonds. The monoisotopic (exact) mass is 382 g/mol. The van der Waals surface area contributed by atoms with Gasteiger partial charge in [-0.2, -0.15) is 5.10 Å². The molecule has 0 aliphatic heterocycles. The Morgan fingerprint density at radius 1 is 1.36 bits per heavy atom.